The van der Waals surface area contributed by atoms with E-state index in [0.29, 0.717) is 0 Å². The highest BCUT2D eigenvalue weighted by atomic mass is 127. The summed E-state index contributed by atoms with van der Waals surface area (Å²) in [5.74, 6) is 1.55. The number of methoxy groups -OCH3 is 2. The zero-order chi connectivity index (χ0) is 10.1. The standard InChI is InChI=1S/C10H10INO2/c1-13-9-3-8(11)6-4-12-5-7(6)10(9)14-2/h3-5,12H,1-2H3. The number of aromatic nitrogens is 1. The van der Waals surface area contributed by atoms with E-state index in [0.717, 1.165) is 25.8 Å². The molecule has 74 valence electrons. The molecule has 0 unspecified atom stereocenters. The number of nitrogens with one attached hydrogen (secondary N) is 1. The van der Waals surface area contributed by atoms with Crippen LogP contribution in [0.2, 0.25) is 0 Å². The number of ether oxygens (including phenoxy) is 2. The van der Waals surface area contributed by atoms with E-state index in [1.54, 1.807) is 14.2 Å². The van der Waals surface area contributed by atoms with E-state index in [1.807, 2.05) is 18.5 Å². The van der Waals surface area contributed by atoms with Crippen molar-refractivity contribution in [3.05, 3.63) is 22.0 Å². The van der Waals surface area contributed by atoms with Crippen LogP contribution in [-0.2, 0) is 0 Å². The Hall–Kier alpha value is -0.910. The fourth-order valence-electron chi connectivity index (χ4n) is 1.50. The highest BCUT2D eigenvalue weighted by Crippen LogP contribution is 2.37. The summed E-state index contributed by atoms with van der Waals surface area (Å²) in [6.45, 7) is 0. The van der Waals surface area contributed by atoms with Gasteiger partial charge < -0.3 is 14.5 Å². The summed E-state index contributed by atoms with van der Waals surface area (Å²) in [5.41, 5.74) is 0. The molecule has 1 aromatic carbocycles. The molecule has 0 radical (unpaired) electrons. The van der Waals surface area contributed by atoms with Crippen LogP contribution in [0.4, 0.5) is 0 Å². The fraction of sp³-hybridized carbons (Fsp3) is 0.200. The molecule has 0 aliphatic carbocycles. The predicted molar refractivity (Wildman–Crippen MR) is 64.1 cm³/mol. The minimum Gasteiger partial charge on any atom is -0.493 e. The summed E-state index contributed by atoms with van der Waals surface area (Å²) < 4.78 is 11.7. The van der Waals surface area contributed by atoms with E-state index in [4.69, 9.17) is 9.47 Å². The molecule has 0 aliphatic rings. The first-order valence-corrected chi connectivity index (χ1v) is 5.22. The minimum absolute atomic E-state index is 0.768. The molecule has 3 nitrogen and oxygen atoms in total. The second-order valence-corrected chi connectivity index (χ2v) is 4.04. The zero-order valence-corrected chi connectivity index (χ0v) is 10.1. The third-order valence-electron chi connectivity index (χ3n) is 2.15. The number of benzene rings is 1. The van der Waals surface area contributed by atoms with Crippen LogP contribution >= 0.6 is 22.6 Å². The van der Waals surface area contributed by atoms with E-state index in [9.17, 15) is 0 Å². The van der Waals surface area contributed by atoms with E-state index in [2.05, 4.69) is 27.6 Å². The van der Waals surface area contributed by atoms with E-state index < -0.39 is 0 Å². The van der Waals surface area contributed by atoms with Crippen molar-refractivity contribution in [2.75, 3.05) is 14.2 Å². The molecule has 1 N–H and O–H groups in total. The quantitative estimate of drug-likeness (QED) is 0.866. The van der Waals surface area contributed by atoms with Crippen LogP contribution in [0.15, 0.2) is 18.5 Å². The molecule has 0 spiro atoms. The topological polar surface area (TPSA) is 34.2 Å². The number of hydrogen-bond donors (Lipinski definition) is 1. The van der Waals surface area contributed by atoms with Crippen molar-refractivity contribution < 1.29 is 9.47 Å². The highest BCUT2D eigenvalue weighted by molar-refractivity contribution is 14.1. The third kappa shape index (κ3) is 1.33. The summed E-state index contributed by atoms with van der Waals surface area (Å²) in [5, 5.41) is 2.21. The Bertz CT molecular complexity index is 464. The molecule has 2 aromatic rings. The van der Waals surface area contributed by atoms with Gasteiger partial charge in [0.25, 0.3) is 0 Å². The van der Waals surface area contributed by atoms with Gasteiger partial charge in [-0.1, -0.05) is 0 Å². The average Bonchev–Trinajstić information content (AvgIpc) is 2.66. The molecule has 0 bridgehead atoms. The van der Waals surface area contributed by atoms with E-state index in [-0.39, 0.29) is 0 Å². The lowest BCUT2D eigenvalue weighted by molar-refractivity contribution is 0.358. The van der Waals surface area contributed by atoms with Crippen LogP contribution in [0.25, 0.3) is 10.8 Å². The van der Waals surface area contributed by atoms with Crippen molar-refractivity contribution >= 4 is 33.4 Å². The first kappa shape index (κ1) is 9.64. The molecule has 4 heteroatoms. The van der Waals surface area contributed by atoms with Crippen LogP contribution in [0, 0.1) is 3.57 Å². The maximum Gasteiger partial charge on any atom is 0.170 e. The van der Waals surface area contributed by atoms with Gasteiger partial charge in [0.05, 0.1) is 14.2 Å². The van der Waals surface area contributed by atoms with Crippen LogP contribution in [-0.4, -0.2) is 19.2 Å². The summed E-state index contributed by atoms with van der Waals surface area (Å²) in [7, 11) is 3.30. The molecule has 1 heterocycles. The maximum atomic E-state index is 5.31. The number of aromatic amines is 1. The summed E-state index contributed by atoms with van der Waals surface area (Å²) in [6, 6.07) is 1.97. The molecule has 14 heavy (non-hydrogen) atoms. The van der Waals surface area contributed by atoms with Gasteiger partial charge in [0, 0.05) is 26.7 Å². The van der Waals surface area contributed by atoms with Crippen LogP contribution in [0.3, 0.4) is 0 Å². The number of rotatable bonds is 2. The Morgan fingerprint density at radius 3 is 2.50 bits per heavy atom. The molecule has 0 saturated carbocycles. The Balaban J connectivity index is 2.82. The van der Waals surface area contributed by atoms with Gasteiger partial charge >= 0.3 is 0 Å². The molecular formula is C10H10INO2. The molecule has 0 aliphatic heterocycles. The molecular weight excluding hydrogens is 293 g/mol. The minimum atomic E-state index is 0.768. The van der Waals surface area contributed by atoms with Crippen molar-refractivity contribution in [1.29, 1.82) is 0 Å². The van der Waals surface area contributed by atoms with Gasteiger partial charge in [0.15, 0.2) is 11.5 Å². The number of fused-ring (bicyclic) bond motifs is 1. The lowest BCUT2D eigenvalue weighted by Gasteiger charge is -2.09. The monoisotopic (exact) mass is 303 g/mol. The molecule has 2 rings (SSSR count). The molecule has 0 amide bonds. The van der Waals surface area contributed by atoms with Crippen LogP contribution < -0.4 is 9.47 Å². The Labute approximate surface area is 95.5 Å². The van der Waals surface area contributed by atoms with Crippen molar-refractivity contribution in [2.24, 2.45) is 0 Å². The summed E-state index contributed by atoms with van der Waals surface area (Å²) in [6.07, 6.45) is 3.87. The van der Waals surface area contributed by atoms with Gasteiger partial charge in [-0.25, -0.2) is 0 Å². The first-order valence-electron chi connectivity index (χ1n) is 4.15. The van der Waals surface area contributed by atoms with Crippen LogP contribution in [0.1, 0.15) is 0 Å². The van der Waals surface area contributed by atoms with Gasteiger partial charge in [-0.05, 0) is 28.7 Å². The smallest absolute Gasteiger partial charge is 0.170 e. The van der Waals surface area contributed by atoms with Gasteiger partial charge in [-0.2, -0.15) is 0 Å². The van der Waals surface area contributed by atoms with Crippen molar-refractivity contribution in [3.63, 3.8) is 0 Å². The van der Waals surface area contributed by atoms with Crippen LogP contribution in [0.5, 0.6) is 11.5 Å². The largest absolute Gasteiger partial charge is 0.493 e. The Kier molecular flexibility index (Phi) is 2.54. The Morgan fingerprint density at radius 1 is 1.14 bits per heavy atom. The van der Waals surface area contributed by atoms with Gasteiger partial charge in [-0.15, -0.1) is 0 Å². The SMILES string of the molecule is COc1cc(I)c2c[nH]cc2c1OC. The lowest BCUT2D eigenvalue weighted by atomic mass is 10.2. The van der Waals surface area contributed by atoms with Crippen molar-refractivity contribution in [1.82, 2.24) is 4.98 Å². The average molecular weight is 303 g/mol. The number of halogens is 1. The van der Waals surface area contributed by atoms with Gasteiger partial charge in [0.1, 0.15) is 0 Å². The number of H-pyrrole nitrogens is 1. The zero-order valence-electron chi connectivity index (χ0n) is 7.93. The van der Waals surface area contributed by atoms with Gasteiger partial charge in [0.2, 0.25) is 0 Å². The van der Waals surface area contributed by atoms with E-state index in [1.165, 1.54) is 0 Å². The van der Waals surface area contributed by atoms with Gasteiger partial charge in [-0.3, -0.25) is 0 Å². The third-order valence-corrected chi connectivity index (χ3v) is 3.05. The highest BCUT2D eigenvalue weighted by Gasteiger charge is 2.12. The summed E-state index contributed by atoms with van der Waals surface area (Å²) >= 11 is 2.28. The summed E-state index contributed by atoms with van der Waals surface area (Å²) in [4.78, 5) is 3.06. The molecule has 0 atom stereocenters. The Morgan fingerprint density at radius 2 is 1.86 bits per heavy atom. The maximum absolute atomic E-state index is 5.31. The normalized spacial score (nSPS) is 10.5. The number of hydrogen-bond acceptors (Lipinski definition) is 2. The van der Waals surface area contributed by atoms with Crippen molar-refractivity contribution in [3.8, 4) is 11.5 Å². The fourth-order valence-corrected chi connectivity index (χ4v) is 2.23. The molecule has 0 saturated heterocycles. The molecule has 1 aromatic heterocycles. The molecule has 0 fully saturated rings. The lowest BCUT2D eigenvalue weighted by Crippen LogP contribution is -1.91. The predicted octanol–water partition coefficient (Wildman–Crippen LogP) is 2.79. The van der Waals surface area contributed by atoms with Crippen molar-refractivity contribution in [2.45, 2.75) is 0 Å². The second kappa shape index (κ2) is 3.68. The van der Waals surface area contributed by atoms with E-state index >= 15 is 0 Å². The second-order valence-electron chi connectivity index (χ2n) is 2.88. The first-order chi connectivity index (χ1) is 6.77.